The van der Waals surface area contributed by atoms with Gasteiger partial charge in [0.25, 0.3) is 0 Å². The van der Waals surface area contributed by atoms with Crippen molar-refractivity contribution in [2.75, 3.05) is 20.1 Å². The molecule has 3 aromatic rings. The lowest BCUT2D eigenvalue weighted by Crippen LogP contribution is -2.44. The molecule has 5 heteroatoms. The Labute approximate surface area is 189 Å². The van der Waals surface area contributed by atoms with Crippen LogP contribution in [0.4, 0.5) is 0 Å². The van der Waals surface area contributed by atoms with E-state index in [0.29, 0.717) is 32.4 Å². The van der Waals surface area contributed by atoms with Gasteiger partial charge in [-0.2, -0.15) is 0 Å². The van der Waals surface area contributed by atoms with E-state index >= 15 is 0 Å². The zero-order valence-corrected chi connectivity index (χ0v) is 18.7. The minimum atomic E-state index is -0.644. The molecule has 2 aromatic carbocycles. The summed E-state index contributed by atoms with van der Waals surface area (Å²) in [5, 5.41) is 2.85. The third kappa shape index (κ3) is 4.57. The molecule has 0 saturated carbocycles. The number of hydrogen-bond acceptors (Lipinski definition) is 3. The first-order chi connectivity index (χ1) is 15.5. The molecule has 32 heavy (non-hydrogen) atoms. The first kappa shape index (κ1) is 21.8. The van der Waals surface area contributed by atoms with Crippen molar-refractivity contribution in [2.24, 2.45) is 5.41 Å². The second-order valence-corrected chi connectivity index (χ2v) is 8.67. The predicted molar refractivity (Wildman–Crippen MR) is 126 cm³/mol. The van der Waals surface area contributed by atoms with Crippen LogP contribution in [0, 0.1) is 12.3 Å². The van der Waals surface area contributed by atoms with Gasteiger partial charge < -0.3 is 10.2 Å². The topological polar surface area (TPSA) is 62.3 Å². The predicted octanol–water partition coefficient (Wildman–Crippen LogP) is 3.81. The van der Waals surface area contributed by atoms with Crippen molar-refractivity contribution in [3.05, 3.63) is 89.7 Å². The van der Waals surface area contributed by atoms with Gasteiger partial charge in [0.05, 0.1) is 11.8 Å². The summed E-state index contributed by atoms with van der Waals surface area (Å²) in [5.41, 5.74) is 4.71. The Morgan fingerprint density at radius 2 is 1.94 bits per heavy atom. The fourth-order valence-corrected chi connectivity index (χ4v) is 4.71. The molecule has 1 atom stereocenters. The van der Waals surface area contributed by atoms with Crippen LogP contribution in [0.2, 0.25) is 0 Å². The molecule has 1 aliphatic rings. The number of amides is 2. The average molecular weight is 428 g/mol. The zero-order valence-electron chi connectivity index (χ0n) is 18.7. The van der Waals surface area contributed by atoms with Gasteiger partial charge in [-0.1, -0.05) is 60.2 Å². The molecule has 1 unspecified atom stereocenters. The molecule has 0 aliphatic carbocycles. The smallest absolute Gasteiger partial charge is 0.228 e. The lowest BCUT2D eigenvalue weighted by atomic mass is 9.78. The lowest BCUT2D eigenvalue weighted by Gasteiger charge is -2.28. The maximum absolute atomic E-state index is 13.1. The van der Waals surface area contributed by atoms with E-state index in [1.807, 2.05) is 66.6 Å². The monoisotopic (exact) mass is 427 g/mol. The molecule has 2 amide bonds. The zero-order chi connectivity index (χ0) is 22.6. The molecule has 4 rings (SSSR count). The Hall–Kier alpha value is -3.47. The van der Waals surface area contributed by atoms with Gasteiger partial charge in [-0.25, -0.2) is 0 Å². The fourth-order valence-electron chi connectivity index (χ4n) is 4.71. The van der Waals surface area contributed by atoms with Gasteiger partial charge in [-0.05, 0) is 42.5 Å². The second kappa shape index (κ2) is 9.35. The SMILES string of the molecule is CNC(=O)C1(Cc2ccccc2-c2cccnc2)CCN(C(=O)Cc2cccc(C)c2)C1. The highest BCUT2D eigenvalue weighted by Gasteiger charge is 2.45. The first-order valence-electron chi connectivity index (χ1n) is 11.0. The fraction of sp³-hybridized carbons (Fsp3) is 0.296. The lowest BCUT2D eigenvalue weighted by molar-refractivity contribution is -0.132. The van der Waals surface area contributed by atoms with Crippen LogP contribution < -0.4 is 5.32 Å². The molecule has 0 radical (unpaired) electrons. The van der Waals surface area contributed by atoms with Gasteiger partial charge in [-0.15, -0.1) is 0 Å². The Balaban J connectivity index is 1.57. The van der Waals surface area contributed by atoms with Crippen LogP contribution >= 0.6 is 0 Å². The summed E-state index contributed by atoms with van der Waals surface area (Å²) < 4.78 is 0. The molecule has 5 nitrogen and oxygen atoms in total. The highest BCUT2D eigenvalue weighted by atomic mass is 16.2. The van der Waals surface area contributed by atoms with Crippen molar-refractivity contribution < 1.29 is 9.59 Å². The van der Waals surface area contributed by atoms with E-state index in [1.54, 1.807) is 13.2 Å². The quantitative estimate of drug-likeness (QED) is 0.651. The molecule has 1 aromatic heterocycles. The number of nitrogens with zero attached hydrogens (tertiary/aromatic N) is 2. The maximum Gasteiger partial charge on any atom is 0.228 e. The standard InChI is InChI=1S/C27H29N3O2/c1-20-7-5-8-21(15-20)16-25(31)30-14-12-27(19-30,26(32)28-2)17-22-9-3-4-11-24(22)23-10-6-13-29-18-23/h3-11,13,15,18H,12,14,16-17,19H2,1-2H3,(H,28,32). The van der Waals surface area contributed by atoms with Crippen LogP contribution in [0.1, 0.15) is 23.1 Å². The largest absolute Gasteiger partial charge is 0.359 e. The minimum Gasteiger partial charge on any atom is -0.359 e. The number of rotatable bonds is 6. The third-order valence-corrected chi connectivity index (χ3v) is 6.37. The van der Waals surface area contributed by atoms with Crippen molar-refractivity contribution >= 4 is 11.8 Å². The molecule has 0 bridgehead atoms. The Morgan fingerprint density at radius 1 is 1.09 bits per heavy atom. The Bertz CT molecular complexity index is 1110. The van der Waals surface area contributed by atoms with Crippen LogP contribution in [0.5, 0.6) is 0 Å². The third-order valence-electron chi connectivity index (χ3n) is 6.37. The summed E-state index contributed by atoms with van der Waals surface area (Å²) in [4.78, 5) is 32.3. The van der Waals surface area contributed by atoms with Gasteiger partial charge in [0.2, 0.25) is 11.8 Å². The van der Waals surface area contributed by atoms with Gasteiger partial charge in [0.1, 0.15) is 0 Å². The molecular weight excluding hydrogens is 398 g/mol. The van der Waals surface area contributed by atoms with Crippen LogP contribution in [-0.4, -0.2) is 41.8 Å². The van der Waals surface area contributed by atoms with Crippen molar-refractivity contribution in [2.45, 2.75) is 26.2 Å². The van der Waals surface area contributed by atoms with Gasteiger partial charge >= 0.3 is 0 Å². The first-order valence-corrected chi connectivity index (χ1v) is 11.0. The van der Waals surface area contributed by atoms with Gasteiger partial charge in [-0.3, -0.25) is 14.6 Å². The Morgan fingerprint density at radius 3 is 2.69 bits per heavy atom. The summed E-state index contributed by atoms with van der Waals surface area (Å²) >= 11 is 0. The van der Waals surface area contributed by atoms with Crippen molar-refractivity contribution in [3.63, 3.8) is 0 Å². The normalized spacial score (nSPS) is 17.9. The van der Waals surface area contributed by atoms with E-state index in [9.17, 15) is 9.59 Å². The number of carbonyl (C=O) groups is 2. The molecule has 2 heterocycles. The summed E-state index contributed by atoms with van der Waals surface area (Å²) in [6.07, 6.45) is 5.18. The number of carbonyl (C=O) groups excluding carboxylic acids is 2. The van der Waals surface area contributed by atoms with Crippen LogP contribution in [0.3, 0.4) is 0 Å². The molecule has 1 N–H and O–H groups in total. The van der Waals surface area contributed by atoms with Crippen molar-refractivity contribution in [3.8, 4) is 11.1 Å². The molecule has 1 aliphatic heterocycles. The molecule has 164 valence electrons. The van der Waals surface area contributed by atoms with Crippen molar-refractivity contribution in [1.82, 2.24) is 15.2 Å². The molecule has 0 spiro atoms. The van der Waals surface area contributed by atoms with Crippen LogP contribution in [-0.2, 0) is 22.4 Å². The summed E-state index contributed by atoms with van der Waals surface area (Å²) in [5.74, 6) is 0.0614. The molecular formula is C27H29N3O2. The number of benzene rings is 2. The van der Waals surface area contributed by atoms with E-state index in [4.69, 9.17) is 0 Å². The number of aromatic nitrogens is 1. The summed E-state index contributed by atoms with van der Waals surface area (Å²) in [6, 6.07) is 20.1. The van der Waals surface area contributed by atoms with Gasteiger partial charge in [0.15, 0.2) is 0 Å². The number of hydrogen-bond donors (Lipinski definition) is 1. The summed E-state index contributed by atoms with van der Waals surface area (Å²) in [6.45, 7) is 3.05. The van der Waals surface area contributed by atoms with E-state index in [1.165, 1.54) is 0 Å². The number of likely N-dealkylation sites (tertiary alicyclic amines) is 1. The minimum absolute atomic E-state index is 0.00987. The summed E-state index contributed by atoms with van der Waals surface area (Å²) in [7, 11) is 1.67. The maximum atomic E-state index is 13.1. The molecule has 1 saturated heterocycles. The van der Waals surface area contributed by atoms with Crippen LogP contribution in [0.15, 0.2) is 73.1 Å². The van der Waals surface area contributed by atoms with Gasteiger partial charge in [0, 0.05) is 38.1 Å². The number of pyridine rings is 1. The van der Waals surface area contributed by atoms with E-state index in [2.05, 4.69) is 22.4 Å². The van der Waals surface area contributed by atoms with E-state index in [0.717, 1.165) is 27.8 Å². The average Bonchev–Trinajstić information content (AvgIpc) is 3.25. The molecule has 1 fully saturated rings. The highest BCUT2D eigenvalue weighted by molar-refractivity contribution is 5.86. The number of aryl methyl sites for hydroxylation is 1. The Kier molecular flexibility index (Phi) is 6.35. The van der Waals surface area contributed by atoms with Crippen LogP contribution in [0.25, 0.3) is 11.1 Å². The second-order valence-electron chi connectivity index (χ2n) is 8.67. The van der Waals surface area contributed by atoms with Crippen molar-refractivity contribution in [1.29, 1.82) is 0 Å². The highest BCUT2D eigenvalue weighted by Crippen LogP contribution is 2.37. The van der Waals surface area contributed by atoms with E-state index < -0.39 is 5.41 Å². The number of nitrogens with one attached hydrogen (secondary N) is 1. The van der Waals surface area contributed by atoms with E-state index in [-0.39, 0.29) is 11.8 Å².